The number of hydrogen-bond donors (Lipinski definition) is 1. The van der Waals surface area contributed by atoms with Crippen LogP contribution in [0.15, 0.2) is 47.6 Å². The Labute approximate surface area is 192 Å². The minimum Gasteiger partial charge on any atom is -0.493 e. The van der Waals surface area contributed by atoms with Crippen molar-refractivity contribution in [2.45, 2.75) is 6.10 Å². The van der Waals surface area contributed by atoms with Gasteiger partial charge in [0.25, 0.3) is 5.91 Å². The number of carbonyl (C=O) groups excluding carboxylic acids is 1. The fourth-order valence-corrected chi connectivity index (χ4v) is 2.86. The van der Waals surface area contributed by atoms with E-state index in [1.165, 1.54) is 14.2 Å². The van der Waals surface area contributed by atoms with Gasteiger partial charge in [0.2, 0.25) is 0 Å². The third-order valence-corrected chi connectivity index (χ3v) is 4.44. The molecule has 0 aliphatic heterocycles. The van der Waals surface area contributed by atoms with Crippen molar-refractivity contribution in [3.8, 4) is 36.2 Å². The molecule has 2 rings (SSSR count). The molecule has 0 aliphatic rings. The summed E-state index contributed by atoms with van der Waals surface area (Å²) in [5.74, 6) is 5.32. The second-order valence-corrected chi connectivity index (χ2v) is 6.68. The largest absolute Gasteiger partial charge is 0.493 e. The van der Waals surface area contributed by atoms with Gasteiger partial charge in [0.1, 0.15) is 26.0 Å². The molecular weight excluding hydrogens is 432 g/mol. The van der Waals surface area contributed by atoms with Gasteiger partial charge < -0.3 is 24.4 Å². The third-order valence-electron chi connectivity index (χ3n) is 4.18. The van der Waals surface area contributed by atoms with Gasteiger partial charge in [0.15, 0.2) is 17.6 Å². The minimum atomic E-state index is -0.916. The maximum atomic E-state index is 12.9. The summed E-state index contributed by atoms with van der Waals surface area (Å²) in [5.41, 5.74) is 1.73. The monoisotopic (exact) mass is 454 g/mol. The second kappa shape index (κ2) is 12.9. The summed E-state index contributed by atoms with van der Waals surface area (Å²) in [6, 6.07) is 11.9. The number of carbonyl (C=O) groups is 1. The standard InChI is InChI=1S/C24H23ClN2O5/c1-5-13-31-21-12-9-18(15-22(21)29-3)20(27-30-4)16-26-24(28)23(32-14-6-2)17-7-10-19(25)11-8-17/h1-2,7-12,15,23H,13-14,16H2,3-4H3,(H,26,28). The molecule has 2 aromatic carbocycles. The van der Waals surface area contributed by atoms with Gasteiger partial charge in [0.05, 0.1) is 13.7 Å². The quantitative estimate of drug-likeness (QED) is 0.320. The molecule has 0 heterocycles. The van der Waals surface area contributed by atoms with E-state index in [1.807, 2.05) is 0 Å². The van der Waals surface area contributed by atoms with Crippen molar-refractivity contribution in [3.63, 3.8) is 0 Å². The normalized spacial score (nSPS) is 11.6. The van der Waals surface area contributed by atoms with E-state index >= 15 is 0 Å². The molecule has 8 heteroatoms. The van der Waals surface area contributed by atoms with Gasteiger partial charge in [0, 0.05) is 10.6 Å². The number of rotatable bonds is 11. The van der Waals surface area contributed by atoms with Crippen LogP contribution in [0.5, 0.6) is 11.5 Å². The topological polar surface area (TPSA) is 78.4 Å². The number of terminal acetylenes is 2. The van der Waals surface area contributed by atoms with Crippen LogP contribution in [0, 0.1) is 24.7 Å². The Morgan fingerprint density at radius 3 is 2.44 bits per heavy atom. The van der Waals surface area contributed by atoms with E-state index in [2.05, 4.69) is 22.3 Å². The number of nitrogens with zero attached hydrogens (tertiary/aromatic N) is 1. The van der Waals surface area contributed by atoms with E-state index in [0.717, 1.165) is 0 Å². The van der Waals surface area contributed by atoms with Crippen LogP contribution in [0.25, 0.3) is 0 Å². The molecular formula is C24H23ClN2O5. The highest BCUT2D eigenvalue weighted by Crippen LogP contribution is 2.28. The minimum absolute atomic E-state index is 0.0317. The van der Waals surface area contributed by atoms with Crippen molar-refractivity contribution in [2.75, 3.05) is 34.0 Å². The first-order chi connectivity index (χ1) is 15.5. The molecule has 0 bridgehead atoms. The number of benzene rings is 2. The molecule has 0 fully saturated rings. The molecule has 0 aromatic heterocycles. The van der Waals surface area contributed by atoms with E-state index in [1.54, 1.807) is 42.5 Å². The van der Waals surface area contributed by atoms with Gasteiger partial charge >= 0.3 is 0 Å². The van der Waals surface area contributed by atoms with Crippen molar-refractivity contribution in [2.24, 2.45) is 5.16 Å². The number of nitrogens with one attached hydrogen (secondary N) is 1. The molecule has 0 aliphatic carbocycles. The van der Waals surface area contributed by atoms with Crippen molar-refractivity contribution in [1.29, 1.82) is 0 Å². The zero-order chi connectivity index (χ0) is 23.3. The Morgan fingerprint density at radius 2 is 1.81 bits per heavy atom. The first-order valence-electron chi connectivity index (χ1n) is 9.47. The molecule has 1 amide bonds. The zero-order valence-corrected chi connectivity index (χ0v) is 18.5. The molecule has 0 spiro atoms. The van der Waals surface area contributed by atoms with E-state index < -0.39 is 12.0 Å². The molecule has 7 nitrogen and oxygen atoms in total. The first-order valence-corrected chi connectivity index (χ1v) is 9.84. The zero-order valence-electron chi connectivity index (χ0n) is 17.8. The number of halogens is 1. The molecule has 32 heavy (non-hydrogen) atoms. The lowest BCUT2D eigenvalue weighted by molar-refractivity contribution is -0.132. The molecule has 1 unspecified atom stereocenters. The van der Waals surface area contributed by atoms with Gasteiger partial charge in [-0.2, -0.15) is 0 Å². The van der Waals surface area contributed by atoms with Crippen LogP contribution in [-0.4, -0.2) is 45.6 Å². The van der Waals surface area contributed by atoms with Crippen molar-refractivity contribution >= 4 is 23.2 Å². The van der Waals surface area contributed by atoms with Gasteiger partial charge in [-0.15, -0.1) is 12.8 Å². The lowest BCUT2D eigenvalue weighted by Crippen LogP contribution is -2.35. The fraction of sp³-hybridized carbons (Fsp3) is 0.250. The van der Waals surface area contributed by atoms with Crippen molar-refractivity contribution in [3.05, 3.63) is 58.6 Å². The van der Waals surface area contributed by atoms with Crippen molar-refractivity contribution in [1.82, 2.24) is 5.32 Å². The van der Waals surface area contributed by atoms with Crippen LogP contribution < -0.4 is 14.8 Å². The summed E-state index contributed by atoms with van der Waals surface area (Å²) >= 11 is 5.94. The number of methoxy groups -OCH3 is 1. The Hall–Kier alpha value is -3.65. The number of oxime groups is 1. The highest BCUT2D eigenvalue weighted by Gasteiger charge is 2.22. The molecule has 0 saturated heterocycles. The van der Waals surface area contributed by atoms with Crippen molar-refractivity contribution < 1.29 is 23.8 Å². The van der Waals surface area contributed by atoms with Gasteiger partial charge in [-0.05, 0) is 35.9 Å². The highest BCUT2D eigenvalue weighted by atomic mass is 35.5. The molecule has 1 N–H and O–H groups in total. The lowest BCUT2D eigenvalue weighted by atomic mass is 10.1. The van der Waals surface area contributed by atoms with Gasteiger partial charge in [-0.1, -0.05) is 40.7 Å². The maximum absolute atomic E-state index is 12.9. The first kappa shape index (κ1) is 24.6. The van der Waals surface area contributed by atoms with Crippen LogP contribution >= 0.6 is 11.6 Å². The number of amides is 1. The molecule has 0 radical (unpaired) electrons. The molecule has 2 aromatic rings. The highest BCUT2D eigenvalue weighted by molar-refractivity contribution is 6.30. The third kappa shape index (κ3) is 6.95. The summed E-state index contributed by atoms with van der Waals surface area (Å²) in [6.45, 7) is 0.133. The molecule has 166 valence electrons. The summed E-state index contributed by atoms with van der Waals surface area (Å²) in [5, 5.41) is 7.37. The molecule has 1 atom stereocenters. The Bertz CT molecular complexity index is 1020. The van der Waals surface area contributed by atoms with E-state index in [0.29, 0.717) is 33.4 Å². The summed E-state index contributed by atoms with van der Waals surface area (Å²) < 4.78 is 16.4. The predicted molar refractivity (Wildman–Crippen MR) is 123 cm³/mol. The Balaban J connectivity index is 2.19. The summed E-state index contributed by atoms with van der Waals surface area (Å²) in [4.78, 5) is 17.8. The predicted octanol–water partition coefficient (Wildman–Crippen LogP) is 3.22. The van der Waals surface area contributed by atoms with Gasteiger partial charge in [-0.3, -0.25) is 4.79 Å². The van der Waals surface area contributed by atoms with Crippen LogP contribution in [-0.2, 0) is 14.4 Å². The summed E-state index contributed by atoms with van der Waals surface area (Å²) in [6.07, 6.45) is 9.61. The average Bonchev–Trinajstić information content (AvgIpc) is 2.81. The van der Waals surface area contributed by atoms with E-state index in [-0.39, 0.29) is 19.8 Å². The lowest BCUT2D eigenvalue weighted by Gasteiger charge is -2.18. The SMILES string of the molecule is C#CCOc1ccc(C(CNC(=O)C(OCC#C)c2ccc(Cl)cc2)=NOC)cc1OC. The van der Waals surface area contributed by atoms with Crippen LogP contribution in [0.2, 0.25) is 5.02 Å². The maximum Gasteiger partial charge on any atom is 0.254 e. The Morgan fingerprint density at radius 1 is 1.09 bits per heavy atom. The average molecular weight is 455 g/mol. The van der Waals surface area contributed by atoms with E-state index in [9.17, 15) is 4.79 Å². The number of ether oxygens (including phenoxy) is 3. The van der Waals surface area contributed by atoms with E-state index in [4.69, 9.17) is 43.5 Å². The van der Waals surface area contributed by atoms with Crippen LogP contribution in [0.4, 0.5) is 0 Å². The van der Waals surface area contributed by atoms with Gasteiger partial charge in [-0.25, -0.2) is 0 Å². The second-order valence-electron chi connectivity index (χ2n) is 6.24. The Kier molecular flexibility index (Phi) is 9.93. The smallest absolute Gasteiger partial charge is 0.254 e. The van der Waals surface area contributed by atoms with Crippen LogP contribution in [0.1, 0.15) is 17.2 Å². The van der Waals surface area contributed by atoms with Crippen LogP contribution in [0.3, 0.4) is 0 Å². The summed E-state index contributed by atoms with van der Waals surface area (Å²) in [7, 11) is 2.92. The fourth-order valence-electron chi connectivity index (χ4n) is 2.74. The number of hydrogen-bond acceptors (Lipinski definition) is 6. The molecule has 0 saturated carbocycles.